The molecular formula is C13H14F3NO2. The van der Waals surface area contributed by atoms with Crippen LogP contribution in [0, 0.1) is 0 Å². The van der Waals surface area contributed by atoms with E-state index in [4.69, 9.17) is 5.11 Å². The van der Waals surface area contributed by atoms with Crippen molar-refractivity contribution in [2.45, 2.75) is 31.6 Å². The van der Waals surface area contributed by atoms with Crippen LogP contribution in [-0.2, 0) is 6.54 Å². The summed E-state index contributed by atoms with van der Waals surface area (Å²) in [7, 11) is 0. The van der Waals surface area contributed by atoms with Gasteiger partial charge in [0.2, 0.25) is 0 Å². The molecule has 0 spiro atoms. The molecule has 0 heterocycles. The molecule has 19 heavy (non-hydrogen) atoms. The smallest absolute Gasteiger partial charge is 0.401 e. The third-order valence-corrected chi connectivity index (χ3v) is 3.03. The molecule has 1 saturated carbocycles. The average Bonchev–Trinajstić information content (AvgIpc) is 3.10. The second kappa shape index (κ2) is 5.21. The van der Waals surface area contributed by atoms with Crippen LogP contribution in [0.25, 0.3) is 0 Å². The Morgan fingerprint density at radius 2 is 1.84 bits per heavy atom. The minimum Gasteiger partial charge on any atom is -0.478 e. The van der Waals surface area contributed by atoms with Crippen molar-refractivity contribution in [3.8, 4) is 0 Å². The Morgan fingerprint density at radius 3 is 2.26 bits per heavy atom. The van der Waals surface area contributed by atoms with Gasteiger partial charge in [-0.15, -0.1) is 0 Å². The molecule has 104 valence electrons. The zero-order chi connectivity index (χ0) is 14.0. The lowest BCUT2D eigenvalue weighted by atomic mass is 10.1. The summed E-state index contributed by atoms with van der Waals surface area (Å²) in [6, 6.07) is 5.96. The summed E-state index contributed by atoms with van der Waals surface area (Å²) in [6.07, 6.45) is -2.61. The minimum atomic E-state index is -4.20. The quantitative estimate of drug-likeness (QED) is 0.896. The number of carbonyl (C=O) groups is 1. The van der Waals surface area contributed by atoms with Gasteiger partial charge in [-0.25, -0.2) is 4.79 Å². The highest BCUT2D eigenvalue weighted by Gasteiger charge is 2.37. The summed E-state index contributed by atoms with van der Waals surface area (Å²) in [5.41, 5.74) is 0.832. The molecule has 2 rings (SSSR count). The van der Waals surface area contributed by atoms with Crippen molar-refractivity contribution in [3.05, 3.63) is 35.4 Å². The average molecular weight is 273 g/mol. The van der Waals surface area contributed by atoms with Crippen LogP contribution in [0.4, 0.5) is 13.2 Å². The Bertz CT molecular complexity index is 452. The maximum absolute atomic E-state index is 12.4. The molecule has 0 atom stereocenters. The van der Waals surface area contributed by atoms with E-state index in [0.29, 0.717) is 5.56 Å². The van der Waals surface area contributed by atoms with E-state index in [-0.39, 0.29) is 18.2 Å². The maximum atomic E-state index is 12.4. The molecule has 1 fully saturated rings. The number of rotatable bonds is 5. The van der Waals surface area contributed by atoms with Crippen LogP contribution >= 0.6 is 0 Å². The predicted molar refractivity (Wildman–Crippen MR) is 62.9 cm³/mol. The van der Waals surface area contributed by atoms with Gasteiger partial charge < -0.3 is 5.11 Å². The Hall–Kier alpha value is -1.56. The molecule has 0 bridgehead atoms. The lowest BCUT2D eigenvalue weighted by Crippen LogP contribution is -2.35. The van der Waals surface area contributed by atoms with Crippen molar-refractivity contribution in [2.75, 3.05) is 6.54 Å². The number of benzene rings is 1. The fourth-order valence-corrected chi connectivity index (χ4v) is 1.97. The van der Waals surface area contributed by atoms with E-state index in [1.807, 2.05) is 0 Å². The first kappa shape index (κ1) is 13.9. The van der Waals surface area contributed by atoms with Gasteiger partial charge in [0.1, 0.15) is 0 Å². The fourth-order valence-electron chi connectivity index (χ4n) is 1.97. The highest BCUT2D eigenvalue weighted by Crippen LogP contribution is 2.31. The summed E-state index contributed by atoms with van der Waals surface area (Å²) < 4.78 is 37.3. The number of carboxylic acids is 1. The zero-order valence-corrected chi connectivity index (χ0v) is 10.2. The van der Waals surface area contributed by atoms with Gasteiger partial charge >= 0.3 is 12.1 Å². The molecular weight excluding hydrogens is 259 g/mol. The van der Waals surface area contributed by atoms with Gasteiger partial charge in [-0.1, -0.05) is 12.1 Å². The first-order valence-corrected chi connectivity index (χ1v) is 5.98. The second-order valence-corrected chi connectivity index (χ2v) is 4.75. The van der Waals surface area contributed by atoms with E-state index in [2.05, 4.69) is 0 Å². The van der Waals surface area contributed by atoms with Gasteiger partial charge in [0.05, 0.1) is 12.1 Å². The number of hydrogen-bond acceptors (Lipinski definition) is 2. The van der Waals surface area contributed by atoms with Crippen LogP contribution < -0.4 is 0 Å². The Kier molecular flexibility index (Phi) is 3.80. The van der Waals surface area contributed by atoms with E-state index >= 15 is 0 Å². The summed E-state index contributed by atoms with van der Waals surface area (Å²) in [4.78, 5) is 12.1. The molecule has 1 aliphatic carbocycles. The van der Waals surface area contributed by atoms with Crippen LogP contribution in [-0.4, -0.2) is 34.7 Å². The first-order valence-electron chi connectivity index (χ1n) is 5.98. The van der Waals surface area contributed by atoms with Crippen LogP contribution in [0.1, 0.15) is 28.8 Å². The van der Waals surface area contributed by atoms with E-state index in [9.17, 15) is 18.0 Å². The van der Waals surface area contributed by atoms with Crippen LogP contribution in [0.2, 0.25) is 0 Å². The van der Waals surface area contributed by atoms with E-state index in [1.54, 1.807) is 12.1 Å². The monoisotopic (exact) mass is 273 g/mol. The highest BCUT2D eigenvalue weighted by atomic mass is 19.4. The third-order valence-electron chi connectivity index (χ3n) is 3.03. The number of aromatic carboxylic acids is 1. The molecule has 0 amide bonds. The van der Waals surface area contributed by atoms with Crippen LogP contribution in [0.3, 0.4) is 0 Å². The molecule has 6 heteroatoms. The largest absolute Gasteiger partial charge is 0.478 e. The van der Waals surface area contributed by atoms with E-state index in [1.165, 1.54) is 17.0 Å². The molecule has 1 aromatic carbocycles. The van der Waals surface area contributed by atoms with Crippen molar-refractivity contribution >= 4 is 5.97 Å². The maximum Gasteiger partial charge on any atom is 0.401 e. The molecule has 3 nitrogen and oxygen atoms in total. The van der Waals surface area contributed by atoms with Gasteiger partial charge in [-0.3, -0.25) is 4.90 Å². The Morgan fingerprint density at radius 1 is 1.26 bits per heavy atom. The molecule has 1 aromatic rings. The topological polar surface area (TPSA) is 40.5 Å². The van der Waals surface area contributed by atoms with Gasteiger partial charge in [0.25, 0.3) is 0 Å². The lowest BCUT2D eigenvalue weighted by Gasteiger charge is -2.23. The normalized spacial score (nSPS) is 15.8. The van der Waals surface area contributed by atoms with Crippen molar-refractivity contribution < 1.29 is 23.1 Å². The first-order chi connectivity index (χ1) is 8.85. The third kappa shape index (κ3) is 4.24. The predicted octanol–water partition coefficient (Wildman–Crippen LogP) is 2.91. The molecule has 0 radical (unpaired) electrons. The molecule has 0 aliphatic heterocycles. The van der Waals surface area contributed by atoms with E-state index in [0.717, 1.165) is 12.8 Å². The van der Waals surface area contributed by atoms with Crippen molar-refractivity contribution in [3.63, 3.8) is 0 Å². The highest BCUT2D eigenvalue weighted by molar-refractivity contribution is 5.87. The Balaban J connectivity index is 2.02. The molecule has 0 aromatic heterocycles. The van der Waals surface area contributed by atoms with Gasteiger partial charge in [0.15, 0.2) is 0 Å². The second-order valence-electron chi connectivity index (χ2n) is 4.75. The summed E-state index contributed by atoms with van der Waals surface area (Å²) in [5, 5.41) is 8.75. The van der Waals surface area contributed by atoms with Crippen LogP contribution in [0.5, 0.6) is 0 Å². The molecule has 1 aliphatic rings. The molecule has 0 saturated heterocycles. The SMILES string of the molecule is O=C(O)c1ccc(CN(CC(F)(F)F)C2CC2)cc1. The zero-order valence-electron chi connectivity index (χ0n) is 10.2. The number of halogens is 3. The summed E-state index contributed by atoms with van der Waals surface area (Å²) in [5.74, 6) is -1.04. The standard InChI is InChI=1S/C13H14F3NO2/c14-13(15,16)8-17(11-5-6-11)7-9-1-3-10(4-2-9)12(18)19/h1-4,11H,5-8H2,(H,18,19). The van der Waals surface area contributed by atoms with E-state index < -0.39 is 18.7 Å². The fraction of sp³-hybridized carbons (Fsp3) is 0.462. The summed E-state index contributed by atoms with van der Waals surface area (Å²) in [6.45, 7) is -0.720. The van der Waals surface area contributed by atoms with Gasteiger partial charge in [-0.2, -0.15) is 13.2 Å². The number of alkyl halides is 3. The summed E-state index contributed by atoms with van der Waals surface area (Å²) >= 11 is 0. The minimum absolute atomic E-state index is 0.000718. The number of carboxylic acid groups (broad SMARTS) is 1. The van der Waals surface area contributed by atoms with Crippen LogP contribution in [0.15, 0.2) is 24.3 Å². The Labute approximate surface area is 108 Å². The van der Waals surface area contributed by atoms with Crippen molar-refractivity contribution in [2.24, 2.45) is 0 Å². The van der Waals surface area contributed by atoms with Crippen molar-refractivity contribution in [1.82, 2.24) is 4.90 Å². The molecule has 0 unspecified atom stereocenters. The molecule has 1 N–H and O–H groups in total. The van der Waals surface area contributed by atoms with Crippen molar-refractivity contribution in [1.29, 1.82) is 0 Å². The lowest BCUT2D eigenvalue weighted by molar-refractivity contribution is -0.148. The number of nitrogens with zero attached hydrogens (tertiary/aromatic N) is 1. The van der Waals surface area contributed by atoms with Gasteiger partial charge in [-0.05, 0) is 30.5 Å². The number of hydrogen-bond donors (Lipinski definition) is 1. The van der Waals surface area contributed by atoms with Gasteiger partial charge in [0, 0.05) is 12.6 Å².